The molecule has 2 aliphatic carbocycles. The summed E-state index contributed by atoms with van der Waals surface area (Å²) in [7, 11) is 0. The van der Waals surface area contributed by atoms with Gasteiger partial charge in [0.25, 0.3) is 0 Å². The number of ether oxygens (including phenoxy) is 1. The predicted octanol–water partition coefficient (Wildman–Crippen LogP) is 6.11. The van der Waals surface area contributed by atoms with E-state index in [1.54, 1.807) is 0 Å². The third kappa shape index (κ3) is 2.90. The number of hydrogen-bond donors (Lipinski definition) is 0. The number of hydrogen-bond acceptors (Lipinski definition) is 3. The zero-order valence-corrected chi connectivity index (χ0v) is 21.5. The lowest BCUT2D eigenvalue weighted by Gasteiger charge is -2.28. The Morgan fingerprint density at radius 1 is 0.700 bits per heavy atom. The van der Waals surface area contributed by atoms with Gasteiger partial charge in [-0.15, -0.1) is 0 Å². The molecular formula is C36H23N3O. The number of aromatic nitrogens is 3. The minimum absolute atomic E-state index is 0.0715. The SMILES string of the molecule is C1=CC2=c3c(c4ccccc4n3-c3nc(-c4ccccc4)c4ccccc4n3)=C3c4ccccc4OC3C2C=C1. The van der Waals surface area contributed by atoms with E-state index in [9.17, 15) is 0 Å². The van der Waals surface area contributed by atoms with E-state index in [4.69, 9.17) is 14.7 Å². The summed E-state index contributed by atoms with van der Waals surface area (Å²) < 4.78 is 8.93. The summed E-state index contributed by atoms with van der Waals surface area (Å²) in [4.78, 5) is 10.5. The zero-order valence-electron chi connectivity index (χ0n) is 21.5. The molecule has 4 heteroatoms. The molecule has 0 saturated heterocycles. The van der Waals surface area contributed by atoms with Crippen molar-refractivity contribution in [3.8, 4) is 23.0 Å². The average Bonchev–Trinajstić information content (AvgIpc) is 3.58. The van der Waals surface area contributed by atoms with Gasteiger partial charge in [-0.05, 0) is 23.8 Å². The van der Waals surface area contributed by atoms with Crippen molar-refractivity contribution >= 4 is 33.0 Å². The fourth-order valence-electron chi connectivity index (χ4n) is 6.70. The van der Waals surface area contributed by atoms with Gasteiger partial charge in [0.05, 0.1) is 22.1 Å². The molecular weight excluding hydrogens is 490 g/mol. The van der Waals surface area contributed by atoms with Crippen LogP contribution < -0.4 is 15.3 Å². The van der Waals surface area contributed by atoms with E-state index in [2.05, 4.69) is 120 Å². The molecule has 9 rings (SSSR count). The Morgan fingerprint density at radius 2 is 1.48 bits per heavy atom. The van der Waals surface area contributed by atoms with Crippen LogP contribution >= 0.6 is 0 Å². The van der Waals surface area contributed by atoms with Crippen molar-refractivity contribution in [2.75, 3.05) is 0 Å². The van der Waals surface area contributed by atoms with Gasteiger partial charge in [0.15, 0.2) is 0 Å². The quantitative estimate of drug-likeness (QED) is 0.281. The van der Waals surface area contributed by atoms with Crippen molar-refractivity contribution in [3.63, 3.8) is 0 Å². The lowest BCUT2D eigenvalue weighted by molar-refractivity contribution is 0.250. The molecule has 0 spiro atoms. The Bertz CT molecular complexity index is 2200. The molecule has 3 aliphatic rings. The smallest absolute Gasteiger partial charge is 0.235 e. The molecule has 40 heavy (non-hydrogen) atoms. The molecule has 4 nitrogen and oxygen atoms in total. The van der Waals surface area contributed by atoms with Gasteiger partial charge in [-0.2, -0.15) is 0 Å². The lowest BCUT2D eigenvalue weighted by atomic mass is 9.80. The van der Waals surface area contributed by atoms with Crippen molar-refractivity contribution in [1.29, 1.82) is 0 Å². The number of benzene rings is 4. The first kappa shape index (κ1) is 21.7. The molecule has 0 bridgehead atoms. The highest BCUT2D eigenvalue weighted by atomic mass is 16.5. The Hall–Kier alpha value is -5.22. The van der Waals surface area contributed by atoms with Crippen LogP contribution in [0.25, 0.3) is 50.2 Å². The summed E-state index contributed by atoms with van der Waals surface area (Å²) in [5.74, 6) is 1.72. The van der Waals surface area contributed by atoms with Crippen LogP contribution in [-0.4, -0.2) is 20.6 Å². The van der Waals surface area contributed by atoms with Crippen LogP contribution in [0.3, 0.4) is 0 Å². The number of allylic oxidation sites excluding steroid dienone is 3. The summed E-state index contributed by atoms with van der Waals surface area (Å²) >= 11 is 0. The van der Waals surface area contributed by atoms with Gasteiger partial charge < -0.3 is 4.74 Å². The Morgan fingerprint density at radius 3 is 2.40 bits per heavy atom. The molecule has 6 aromatic rings. The van der Waals surface area contributed by atoms with Gasteiger partial charge in [0.1, 0.15) is 11.9 Å². The van der Waals surface area contributed by atoms with Gasteiger partial charge in [-0.3, -0.25) is 4.57 Å². The van der Waals surface area contributed by atoms with Crippen LogP contribution in [0.2, 0.25) is 0 Å². The van der Waals surface area contributed by atoms with Crippen LogP contribution in [0.4, 0.5) is 0 Å². The minimum Gasteiger partial charge on any atom is -0.484 e. The molecule has 0 radical (unpaired) electrons. The normalized spacial score (nSPS) is 18.4. The zero-order chi connectivity index (χ0) is 26.2. The number of rotatable bonds is 2. The standard InChI is InChI=1S/C36H23N3O/c1-2-12-22(13-3-1)33-25-16-6-9-19-28(25)37-36(38-33)39-29-20-10-7-17-26(29)31-32-27-18-8-11-21-30(27)40-35(32)24-15-5-4-14-23(24)34(31)39/h1-21,24,35H. The van der Waals surface area contributed by atoms with Crippen LogP contribution in [0.15, 0.2) is 127 Å². The molecule has 2 aromatic heterocycles. The first-order valence-corrected chi connectivity index (χ1v) is 13.7. The maximum absolute atomic E-state index is 6.65. The average molecular weight is 514 g/mol. The molecule has 1 aliphatic heterocycles. The molecule has 3 heterocycles. The molecule has 0 N–H and O–H groups in total. The van der Waals surface area contributed by atoms with Crippen LogP contribution in [0.5, 0.6) is 5.75 Å². The summed E-state index contributed by atoms with van der Waals surface area (Å²) in [5.41, 5.74) is 7.67. The van der Waals surface area contributed by atoms with E-state index >= 15 is 0 Å². The number of nitrogens with zero attached hydrogens (tertiary/aromatic N) is 3. The van der Waals surface area contributed by atoms with Gasteiger partial charge in [0.2, 0.25) is 5.95 Å². The largest absolute Gasteiger partial charge is 0.484 e. The molecule has 0 amide bonds. The van der Waals surface area contributed by atoms with Crippen molar-refractivity contribution in [3.05, 3.63) is 144 Å². The second kappa shape index (κ2) is 8.14. The predicted molar refractivity (Wildman–Crippen MR) is 160 cm³/mol. The molecule has 2 atom stereocenters. The van der Waals surface area contributed by atoms with E-state index < -0.39 is 0 Å². The first-order valence-electron chi connectivity index (χ1n) is 13.7. The van der Waals surface area contributed by atoms with E-state index in [-0.39, 0.29) is 12.0 Å². The lowest BCUT2D eigenvalue weighted by Crippen LogP contribution is -2.44. The van der Waals surface area contributed by atoms with Crippen molar-refractivity contribution in [2.24, 2.45) is 5.92 Å². The second-order valence-electron chi connectivity index (χ2n) is 10.5. The van der Waals surface area contributed by atoms with Crippen molar-refractivity contribution in [2.45, 2.75) is 6.10 Å². The fourth-order valence-corrected chi connectivity index (χ4v) is 6.70. The second-order valence-corrected chi connectivity index (χ2v) is 10.5. The Labute approximate surface area is 230 Å². The van der Waals surface area contributed by atoms with Gasteiger partial charge in [0, 0.05) is 38.6 Å². The van der Waals surface area contributed by atoms with Gasteiger partial charge in [-0.25, -0.2) is 9.97 Å². The monoisotopic (exact) mass is 513 g/mol. The third-order valence-electron chi connectivity index (χ3n) is 8.36. The highest BCUT2D eigenvalue weighted by Crippen LogP contribution is 2.43. The Balaban J connectivity index is 1.49. The summed E-state index contributed by atoms with van der Waals surface area (Å²) in [6, 6.07) is 35.7. The third-order valence-corrected chi connectivity index (χ3v) is 8.36. The Kier molecular flexibility index (Phi) is 4.41. The van der Waals surface area contributed by atoms with E-state index in [1.807, 2.05) is 12.1 Å². The summed E-state index contributed by atoms with van der Waals surface area (Å²) in [5, 5.41) is 4.59. The fraction of sp³-hybridized carbons (Fsp3) is 0.0556. The maximum atomic E-state index is 6.65. The molecule has 0 fully saturated rings. The van der Waals surface area contributed by atoms with Crippen molar-refractivity contribution < 1.29 is 4.74 Å². The van der Waals surface area contributed by atoms with E-state index in [1.165, 1.54) is 27.3 Å². The minimum atomic E-state index is -0.0715. The maximum Gasteiger partial charge on any atom is 0.235 e. The van der Waals surface area contributed by atoms with Crippen LogP contribution in [-0.2, 0) is 0 Å². The molecule has 4 aromatic carbocycles. The van der Waals surface area contributed by atoms with Crippen LogP contribution in [0.1, 0.15) is 5.56 Å². The first-order chi connectivity index (χ1) is 19.9. The van der Waals surface area contributed by atoms with E-state index in [0.717, 1.165) is 38.8 Å². The highest BCUT2D eigenvalue weighted by molar-refractivity contribution is 5.95. The summed E-state index contributed by atoms with van der Waals surface area (Å²) in [6.45, 7) is 0. The topological polar surface area (TPSA) is 39.9 Å². The molecule has 188 valence electrons. The summed E-state index contributed by atoms with van der Waals surface area (Å²) in [6.07, 6.45) is 8.70. The van der Waals surface area contributed by atoms with E-state index in [0.29, 0.717) is 5.95 Å². The van der Waals surface area contributed by atoms with Crippen LogP contribution in [0, 0.1) is 5.92 Å². The molecule has 2 unspecified atom stereocenters. The van der Waals surface area contributed by atoms with Crippen molar-refractivity contribution in [1.82, 2.24) is 14.5 Å². The highest BCUT2D eigenvalue weighted by Gasteiger charge is 2.40. The number of fused-ring (bicyclic) bond motifs is 9. The molecule has 0 saturated carbocycles. The van der Waals surface area contributed by atoms with Gasteiger partial charge in [-0.1, -0.05) is 109 Å². The number of para-hydroxylation sites is 3. The van der Waals surface area contributed by atoms with Gasteiger partial charge >= 0.3 is 0 Å².